The zero-order valence-electron chi connectivity index (χ0n) is 14.8. The number of carbonyl (C=O) groups excluding carboxylic acids is 1. The molecule has 6 nitrogen and oxygen atoms in total. The van der Waals surface area contributed by atoms with Gasteiger partial charge in [0.05, 0.1) is 21.3 Å². The van der Waals surface area contributed by atoms with Crippen molar-refractivity contribution in [3.05, 3.63) is 59.2 Å². The lowest BCUT2D eigenvalue weighted by Gasteiger charge is -2.13. The van der Waals surface area contributed by atoms with Gasteiger partial charge in [-0.15, -0.1) is 0 Å². The van der Waals surface area contributed by atoms with E-state index in [4.69, 9.17) is 18.9 Å². The van der Waals surface area contributed by atoms with E-state index in [0.29, 0.717) is 22.8 Å². The summed E-state index contributed by atoms with van der Waals surface area (Å²) in [5.74, 6) is 0.573. The van der Waals surface area contributed by atoms with Crippen LogP contribution in [0.2, 0.25) is 0 Å². The van der Waals surface area contributed by atoms with Crippen molar-refractivity contribution in [1.29, 1.82) is 5.26 Å². The van der Waals surface area contributed by atoms with E-state index in [9.17, 15) is 10.1 Å². The fraction of sp³-hybridized carbons (Fsp3) is 0.200. The summed E-state index contributed by atoms with van der Waals surface area (Å²) in [6.45, 7) is 0.0912. The van der Waals surface area contributed by atoms with Gasteiger partial charge < -0.3 is 18.9 Å². The van der Waals surface area contributed by atoms with Crippen molar-refractivity contribution >= 4 is 12.0 Å². The van der Waals surface area contributed by atoms with Crippen molar-refractivity contribution in [3.63, 3.8) is 0 Å². The van der Waals surface area contributed by atoms with Crippen LogP contribution in [0.15, 0.2) is 48.0 Å². The maximum absolute atomic E-state index is 12.2. The molecule has 0 aliphatic carbocycles. The third-order valence-electron chi connectivity index (χ3n) is 3.55. The number of ether oxygens (including phenoxy) is 4. The van der Waals surface area contributed by atoms with Crippen LogP contribution in [0.4, 0.5) is 0 Å². The van der Waals surface area contributed by atoms with Crippen molar-refractivity contribution in [2.75, 3.05) is 21.3 Å². The number of nitriles is 1. The highest BCUT2D eigenvalue weighted by Gasteiger charge is 2.15. The normalized spacial score (nSPS) is 10.6. The highest BCUT2D eigenvalue weighted by Crippen LogP contribution is 2.38. The van der Waals surface area contributed by atoms with E-state index in [-0.39, 0.29) is 12.2 Å². The maximum atomic E-state index is 12.2. The lowest BCUT2D eigenvalue weighted by molar-refractivity contribution is -0.139. The molecule has 0 aliphatic rings. The summed E-state index contributed by atoms with van der Waals surface area (Å²) in [4.78, 5) is 12.2. The molecule has 0 fully saturated rings. The molecule has 0 amide bonds. The zero-order chi connectivity index (χ0) is 18.9. The summed E-state index contributed by atoms with van der Waals surface area (Å²) in [5.41, 5.74) is 1.26. The van der Waals surface area contributed by atoms with Crippen LogP contribution < -0.4 is 14.2 Å². The first kappa shape index (κ1) is 18.9. The van der Waals surface area contributed by atoms with Crippen molar-refractivity contribution < 1.29 is 23.7 Å². The molecule has 0 atom stereocenters. The highest BCUT2D eigenvalue weighted by atomic mass is 16.5. The molecule has 2 aromatic carbocycles. The van der Waals surface area contributed by atoms with Crippen molar-refractivity contribution in [2.24, 2.45) is 0 Å². The van der Waals surface area contributed by atoms with Crippen LogP contribution >= 0.6 is 0 Å². The lowest BCUT2D eigenvalue weighted by Crippen LogP contribution is -2.07. The number of hydrogen-bond donors (Lipinski definition) is 0. The van der Waals surface area contributed by atoms with Gasteiger partial charge in [-0.05, 0) is 29.3 Å². The Kier molecular flexibility index (Phi) is 6.63. The number of esters is 1. The second-order valence-electron chi connectivity index (χ2n) is 5.19. The predicted molar refractivity (Wildman–Crippen MR) is 95.9 cm³/mol. The molecule has 2 rings (SSSR count). The van der Waals surface area contributed by atoms with Gasteiger partial charge in [-0.3, -0.25) is 0 Å². The Balaban J connectivity index is 2.24. The van der Waals surface area contributed by atoms with E-state index >= 15 is 0 Å². The third kappa shape index (κ3) is 4.54. The molecule has 0 saturated heterocycles. The molecule has 0 radical (unpaired) electrons. The molecular formula is C20H19NO5. The molecule has 0 saturated carbocycles. The van der Waals surface area contributed by atoms with Gasteiger partial charge in [-0.25, -0.2) is 4.79 Å². The van der Waals surface area contributed by atoms with Gasteiger partial charge in [0.25, 0.3) is 0 Å². The molecule has 2 aromatic rings. The molecule has 6 heteroatoms. The number of nitrogens with zero attached hydrogens (tertiary/aromatic N) is 1. The van der Waals surface area contributed by atoms with Crippen LogP contribution in [0, 0.1) is 11.3 Å². The Labute approximate surface area is 152 Å². The first-order valence-electron chi connectivity index (χ1n) is 7.75. The summed E-state index contributed by atoms with van der Waals surface area (Å²) in [6, 6.07) is 14.4. The second-order valence-corrected chi connectivity index (χ2v) is 5.19. The molecule has 0 bridgehead atoms. The standard InChI is InChI=1S/C20H19NO5/c1-23-17-10-15(11-18(24-2)19(17)25-3)9-16(12-21)20(22)26-13-14-7-5-4-6-8-14/h4-11H,13H2,1-3H3. The quantitative estimate of drug-likeness (QED) is 0.431. The SMILES string of the molecule is COc1cc(C=C(C#N)C(=O)OCc2ccccc2)cc(OC)c1OC. The van der Waals surface area contributed by atoms with E-state index in [1.807, 2.05) is 36.4 Å². The minimum absolute atomic E-state index is 0.0912. The Morgan fingerprint density at radius 1 is 1.04 bits per heavy atom. The fourth-order valence-electron chi connectivity index (χ4n) is 2.29. The molecule has 0 spiro atoms. The molecular weight excluding hydrogens is 334 g/mol. The molecule has 0 aliphatic heterocycles. The first-order valence-corrected chi connectivity index (χ1v) is 7.75. The summed E-state index contributed by atoms with van der Waals surface area (Å²) in [5, 5.41) is 9.30. The molecule has 26 heavy (non-hydrogen) atoms. The molecule has 0 heterocycles. The first-order chi connectivity index (χ1) is 12.6. The predicted octanol–water partition coefficient (Wildman–Crippen LogP) is 3.36. The Morgan fingerprint density at radius 2 is 1.65 bits per heavy atom. The second kappa shape index (κ2) is 9.14. The average Bonchev–Trinajstić information content (AvgIpc) is 2.69. The number of carbonyl (C=O) groups is 1. The van der Waals surface area contributed by atoms with E-state index in [2.05, 4.69) is 0 Å². The van der Waals surface area contributed by atoms with Crippen LogP contribution in [0.5, 0.6) is 17.2 Å². The summed E-state index contributed by atoms with van der Waals surface area (Å²) < 4.78 is 21.0. The number of benzene rings is 2. The molecule has 134 valence electrons. The van der Waals surface area contributed by atoms with Gasteiger partial charge in [0.15, 0.2) is 11.5 Å². The monoisotopic (exact) mass is 353 g/mol. The molecule has 0 N–H and O–H groups in total. The largest absolute Gasteiger partial charge is 0.493 e. The lowest BCUT2D eigenvalue weighted by atomic mass is 10.1. The van der Waals surface area contributed by atoms with Gasteiger partial charge in [0, 0.05) is 0 Å². The fourth-order valence-corrected chi connectivity index (χ4v) is 2.29. The minimum atomic E-state index is -0.704. The van der Waals surface area contributed by atoms with Crippen LogP contribution in [-0.4, -0.2) is 27.3 Å². The van der Waals surface area contributed by atoms with Crippen LogP contribution in [0.3, 0.4) is 0 Å². The van der Waals surface area contributed by atoms with E-state index < -0.39 is 5.97 Å². The van der Waals surface area contributed by atoms with Gasteiger partial charge in [-0.1, -0.05) is 30.3 Å². The van der Waals surface area contributed by atoms with E-state index in [1.165, 1.54) is 27.4 Å². The van der Waals surface area contributed by atoms with Crippen molar-refractivity contribution in [2.45, 2.75) is 6.61 Å². The minimum Gasteiger partial charge on any atom is -0.493 e. The Morgan fingerprint density at radius 3 is 2.15 bits per heavy atom. The van der Waals surface area contributed by atoms with Gasteiger partial charge in [-0.2, -0.15) is 5.26 Å². The Hall–Kier alpha value is -3.46. The number of methoxy groups -OCH3 is 3. The topological polar surface area (TPSA) is 77.8 Å². The third-order valence-corrected chi connectivity index (χ3v) is 3.55. The van der Waals surface area contributed by atoms with Crippen molar-refractivity contribution in [1.82, 2.24) is 0 Å². The van der Waals surface area contributed by atoms with Gasteiger partial charge >= 0.3 is 5.97 Å². The van der Waals surface area contributed by atoms with Crippen LogP contribution in [-0.2, 0) is 16.1 Å². The van der Waals surface area contributed by atoms with Crippen molar-refractivity contribution in [3.8, 4) is 23.3 Å². The smallest absolute Gasteiger partial charge is 0.349 e. The summed E-state index contributed by atoms with van der Waals surface area (Å²) in [7, 11) is 4.48. The highest BCUT2D eigenvalue weighted by molar-refractivity contribution is 5.98. The van der Waals surface area contributed by atoms with Crippen LogP contribution in [0.1, 0.15) is 11.1 Å². The van der Waals surface area contributed by atoms with E-state index in [1.54, 1.807) is 12.1 Å². The van der Waals surface area contributed by atoms with Gasteiger partial charge in [0.1, 0.15) is 18.2 Å². The number of rotatable bonds is 7. The zero-order valence-corrected chi connectivity index (χ0v) is 14.8. The molecule has 0 aromatic heterocycles. The Bertz CT molecular complexity index is 812. The average molecular weight is 353 g/mol. The maximum Gasteiger partial charge on any atom is 0.349 e. The van der Waals surface area contributed by atoms with Gasteiger partial charge in [0.2, 0.25) is 5.75 Å². The molecule has 0 unspecified atom stereocenters. The number of hydrogen-bond acceptors (Lipinski definition) is 6. The van der Waals surface area contributed by atoms with E-state index in [0.717, 1.165) is 5.56 Å². The summed E-state index contributed by atoms with van der Waals surface area (Å²) >= 11 is 0. The van der Waals surface area contributed by atoms with Crippen LogP contribution in [0.25, 0.3) is 6.08 Å². The summed E-state index contributed by atoms with van der Waals surface area (Å²) in [6.07, 6.45) is 1.41.